The first-order valence-electron chi connectivity index (χ1n) is 8.90. The van der Waals surface area contributed by atoms with Crippen molar-refractivity contribution in [1.29, 1.82) is 0 Å². The molecule has 2 heteroatoms. The summed E-state index contributed by atoms with van der Waals surface area (Å²) in [5.74, 6) is 0.966. The summed E-state index contributed by atoms with van der Waals surface area (Å²) in [5, 5.41) is 4.14. The molecule has 0 radical (unpaired) electrons. The van der Waals surface area contributed by atoms with Gasteiger partial charge in [-0.25, -0.2) is 0 Å². The van der Waals surface area contributed by atoms with E-state index < -0.39 is 0 Å². The zero-order valence-electron chi connectivity index (χ0n) is 13.8. The lowest BCUT2D eigenvalue weighted by Gasteiger charge is -2.44. The van der Waals surface area contributed by atoms with Gasteiger partial charge >= 0.3 is 0 Å². The van der Waals surface area contributed by atoms with E-state index in [0.29, 0.717) is 10.8 Å². The van der Waals surface area contributed by atoms with Gasteiger partial charge in [-0.05, 0) is 68.7 Å². The molecular weight excluding hydrogens is 244 g/mol. The zero-order valence-corrected chi connectivity index (χ0v) is 13.8. The lowest BCUT2D eigenvalue weighted by atomic mass is 9.69. The molecule has 0 aromatic heterocycles. The van der Waals surface area contributed by atoms with Crippen LogP contribution < -0.4 is 5.32 Å². The molecule has 2 nitrogen and oxygen atoms in total. The molecule has 5 atom stereocenters. The number of rotatable bonds is 2. The monoisotopic (exact) mass is 276 g/mol. The molecule has 2 saturated carbocycles. The van der Waals surface area contributed by atoms with Crippen molar-refractivity contribution in [2.24, 2.45) is 16.7 Å². The molecule has 4 bridgehead atoms. The van der Waals surface area contributed by atoms with Gasteiger partial charge < -0.3 is 10.2 Å². The Kier molecular flexibility index (Phi) is 2.87. The average molecular weight is 276 g/mol. The Morgan fingerprint density at radius 3 is 2.10 bits per heavy atom. The van der Waals surface area contributed by atoms with Crippen molar-refractivity contribution in [1.82, 2.24) is 10.2 Å². The maximum atomic E-state index is 4.14. The second-order valence-corrected chi connectivity index (χ2v) is 9.05. The van der Waals surface area contributed by atoms with Gasteiger partial charge in [-0.3, -0.25) is 0 Å². The summed E-state index contributed by atoms with van der Waals surface area (Å²) < 4.78 is 0. The summed E-state index contributed by atoms with van der Waals surface area (Å²) in [5.41, 5.74) is 1.09. The van der Waals surface area contributed by atoms with Crippen LogP contribution in [0, 0.1) is 16.7 Å². The van der Waals surface area contributed by atoms with Gasteiger partial charge in [0.25, 0.3) is 0 Å². The smallest absolute Gasteiger partial charge is 0.0131 e. The third kappa shape index (κ3) is 1.64. The fraction of sp³-hybridized carbons (Fsp3) is 1.00. The van der Waals surface area contributed by atoms with Gasteiger partial charge in [0.2, 0.25) is 0 Å². The third-order valence-corrected chi connectivity index (χ3v) is 8.33. The lowest BCUT2D eigenvalue weighted by Crippen LogP contribution is -2.53. The van der Waals surface area contributed by atoms with Crippen molar-refractivity contribution in [3.63, 3.8) is 0 Å². The molecule has 5 unspecified atom stereocenters. The molecule has 0 aromatic rings. The van der Waals surface area contributed by atoms with Crippen LogP contribution in [0.1, 0.15) is 65.7 Å². The van der Waals surface area contributed by atoms with Crippen LogP contribution in [-0.4, -0.2) is 36.1 Å². The SMILES string of the molecule is CN1C2CCC1CC(NC1CC3CCC1(C)C3(C)C)C2. The van der Waals surface area contributed by atoms with Crippen molar-refractivity contribution < 1.29 is 0 Å². The molecule has 0 spiro atoms. The lowest BCUT2D eigenvalue weighted by molar-refractivity contribution is 0.0920. The quantitative estimate of drug-likeness (QED) is 0.831. The van der Waals surface area contributed by atoms with E-state index in [1.807, 2.05) is 0 Å². The van der Waals surface area contributed by atoms with Crippen molar-refractivity contribution in [2.75, 3.05) is 7.05 Å². The van der Waals surface area contributed by atoms with Gasteiger partial charge in [0, 0.05) is 24.2 Å². The van der Waals surface area contributed by atoms with Crippen LogP contribution in [0.4, 0.5) is 0 Å². The summed E-state index contributed by atoms with van der Waals surface area (Å²) in [7, 11) is 2.35. The normalized spacial score (nSPS) is 53.7. The third-order valence-electron chi connectivity index (χ3n) is 8.33. The number of nitrogens with one attached hydrogen (secondary N) is 1. The minimum Gasteiger partial charge on any atom is -0.311 e. The van der Waals surface area contributed by atoms with Crippen LogP contribution in [0.15, 0.2) is 0 Å². The second-order valence-electron chi connectivity index (χ2n) is 9.05. The summed E-state index contributed by atoms with van der Waals surface area (Å²) in [6.45, 7) is 7.64. The molecule has 0 aromatic carbocycles. The van der Waals surface area contributed by atoms with Gasteiger partial charge in [-0.2, -0.15) is 0 Å². The highest BCUT2D eigenvalue weighted by Crippen LogP contribution is 2.65. The average Bonchev–Trinajstić information content (AvgIpc) is 2.82. The number of nitrogens with zero attached hydrogens (tertiary/aromatic N) is 1. The summed E-state index contributed by atoms with van der Waals surface area (Å²) in [6, 6.07) is 3.31. The second kappa shape index (κ2) is 4.23. The maximum Gasteiger partial charge on any atom is 0.0131 e. The van der Waals surface area contributed by atoms with E-state index >= 15 is 0 Å². The van der Waals surface area contributed by atoms with Crippen LogP contribution in [0.2, 0.25) is 0 Å². The van der Waals surface area contributed by atoms with E-state index in [-0.39, 0.29) is 0 Å². The number of fused-ring (bicyclic) bond motifs is 4. The molecule has 1 N–H and O–H groups in total. The predicted octanol–water partition coefficient (Wildman–Crippen LogP) is 3.42. The Balaban J connectivity index is 1.46. The Morgan fingerprint density at radius 2 is 1.60 bits per heavy atom. The highest BCUT2D eigenvalue weighted by atomic mass is 15.2. The Hall–Kier alpha value is -0.0800. The molecule has 2 saturated heterocycles. The van der Waals surface area contributed by atoms with Crippen molar-refractivity contribution in [2.45, 2.75) is 89.9 Å². The minimum absolute atomic E-state index is 0.542. The molecule has 4 aliphatic rings. The van der Waals surface area contributed by atoms with Crippen molar-refractivity contribution in [3.05, 3.63) is 0 Å². The van der Waals surface area contributed by atoms with E-state index in [1.165, 1.54) is 44.9 Å². The van der Waals surface area contributed by atoms with Crippen LogP contribution >= 0.6 is 0 Å². The van der Waals surface area contributed by atoms with Crippen molar-refractivity contribution in [3.8, 4) is 0 Å². The van der Waals surface area contributed by atoms with E-state index in [9.17, 15) is 0 Å². The van der Waals surface area contributed by atoms with E-state index in [0.717, 1.165) is 30.1 Å². The Labute approximate surface area is 124 Å². The number of hydrogen-bond acceptors (Lipinski definition) is 2. The van der Waals surface area contributed by atoms with Gasteiger partial charge in [0.05, 0.1) is 0 Å². The number of hydrogen-bond donors (Lipinski definition) is 1. The first-order chi connectivity index (χ1) is 9.42. The first kappa shape index (κ1) is 13.6. The zero-order chi connectivity index (χ0) is 14.1. The van der Waals surface area contributed by atoms with Crippen LogP contribution in [-0.2, 0) is 0 Å². The van der Waals surface area contributed by atoms with Crippen LogP contribution in [0.5, 0.6) is 0 Å². The van der Waals surface area contributed by atoms with Gasteiger partial charge in [-0.1, -0.05) is 20.8 Å². The molecular formula is C18H32N2. The Morgan fingerprint density at radius 1 is 0.950 bits per heavy atom. The largest absolute Gasteiger partial charge is 0.311 e. The molecule has 114 valence electrons. The van der Waals surface area contributed by atoms with Gasteiger partial charge in [0.15, 0.2) is 0 Å². The molecule has 2 aliphatic heterocycles. The summed E-state index contributed by atoms with van der Waals surface area (Å²) in [6.07, 6.45) is 10.0. The summed E-state index contributed by atoms with van der Waals surface area (Å²) in [4.78, 5) is 2.66. The van der Waals surface area contributed by atoms with Gasteiger partial charge in [-0.15, -0.1) is 0 Å². The molecule has 4 rings (SSSR count). The molecule has 4 fully saturated rings. The first-order valence-corrected chi connectivity index (χ1v) is 8.90. The van der Waals surface area contributed by atoms with Gasteiger partial charge in [0.1, 0.15) is 0 Å². The van der Waals surface area contributed by atoms with E-state index in [1.54, 1.807) is 0 Å². The van der Waals surface area contributed by atoms with Crippen molar-refractivity contribution >= 4 is 0 Å². The van der Waals surface area contributed by atoms with E-state index in [4.69, 9.17) is 0 Å². The standard InChI is InChI=1S/C18H32N2/c1-17(2)12-7-8-18(17,3)16(9-12)19-13-10-14-5-6-15(11-13)20(14)4/h12-16,19H,5-11H2,1-4H3. The molecule has 2 heterocycles. The summed E-state index contributed by atoms with van der Waals surface area (Å²) >= 11 is 0. The fourth-order valence-electron chi connectivity index (χ4n) is 6.29. The highest BCUT2D eigenvalue weighted by Gasteiger charge is 2.61. The minimum atomic E-state index is 0.542. The van der Waals surface area contributed by atoms with Crippen LogP contribution in [0.25, 0.3) is 0 Å². The molecule has 2 aliphatic carbocycles. The fourth-order valence-corrected chi connectivity index (χ4v) is 6.29. The van der Waals surface area contributed by atoms with E-state index in [2.05, 4.69) is 38.0 Å². The highest BCUT2D eigenvalue weighted by molar-refractivity contribution is 5.14. The topological polar surface area (TPSA) is 15.3 Å². The number of piperidine rings is 1. The molecule has 20 heavy (non-hydrogen) atoms. The predicted molar refractivity (Wildman–Crippen MR) is 83.7 cm³/mol. The molecule has 0 amide bonds. The maximum absolute atomic E-state index is 4.14. The Bertz CT molecular complexity index is 390. The van der Waals surface area contributed by atoms with Crippen LogP contribution in [0.3, 0.4) is 0 Å².